The van der Waals surface area contributed by atoms with Gasteiger partial charge in [-0.2, -0.15) is 0 Å². The van der Waals surface area contributed by atoms with Crippen LogP contribution in [0, 0.1) is 0 Å². The number of nitrogens with zero attached hydrogens (tertiary/aromatic N) is 1. The van der Waals surface area contributed by atoms with Gasteiger partial charge in [-0.25, -0.2) is 0 Å². The summed E-state index contributed by atoms with van der Waals surface area (Å²) < 4.78 is 16.5. The Labute approximate surface area is 145 Å². The number of thiophene rings is 1. The summed E-state index contributed by atoms with van der Waals surface area (Å²) in [4.78, 5) is 15.1. The molecule has 0 saturated heterocycles. The van der Waals surface area contributed by atoms with Gasteiger partial charge in [0.05, 0.1) is 13.7 Å². The minimum Gasteiger partial charge on any atom is -0.493 e. The number of rotatable bonds is 5. The van der Waals surface area contributed by atoms with Gasteiger partial charge >= 0.3 is 0 Å². The Morgan fingerprint density at radius 1 is 1.38 bits per heavy atom. The van der Waals surface area contributed by atoms with Gasteiger partial charge in [-0.15, -0.1) is 11.3 Å². The first kappa shape index (κ1) is 16.4. The molecule has 1 aromatic heterocycles. The van der Waals surface area contributed by atoms with E-state index in [-0.39, 0.29) is 5.91 Å². The fourth-order valence-electron chi connectivity index (χ4n) is 2.40. The number of hydrogen-bond donors (Lipinski definition) is 0. The van der Waals surface area contributed by atoms with Crippen molar-refractivity contribution in [2.45, 2.75) is 6.54 Å². The molecule has 1 aliphatic rings. The van der Waals surface area contributed by atoms with Gasteiger partial charge in [-0.3, -0.25) is 4.79 Å². The van der Waals surface area contributed by atoms with Crippen LogP contribution < -0.4 is 14.2 Å². The highest BCUT2D eigenvalue weighted by Crippen LogP contribution is 2.40. The first-order valence-electron chi connectivity index (χ1n) is 7.60. The van der Waals surface area contributed by atoms with E-state index in [1.807, 2.05) is 29.6 Å². The fourth-order valence-corrected chi connectivity index (χ4v) is 3.16. The molecule has 0 unspecified atom stereocenters. The van der Waals surface area contributed by atoms with E-state index < -0.39 is 0 Å². The lowest BCUT2D eigenvalue weighted by Gasteiger charge is -2.21. The number of hydrogen-bond acceptors (Lipinski definition) is 5. The first-order valence-corrected chi connectivity index (χ1v) is 8.48. The van der Waals surface area contributed by atoms with Gasteiger partial charge in [0.2, 0.25) is 11.7 Å². The predicted octanol–water partition coefficient (Wildman–Crippen LogP) is 3.20. The van der Waals surface area contributed by atoms with Crippen molar-refractivity contribution in [2.24, 2.45) is 0 Å². The van der Waals surface area contributed by atoms with E-state index in [0.717, 1.165) is 10.4 Å². The van der Waals surface area contributed by atoms with Gasteiger partial charge in [-0.05, 0) is 35.2 Å². The maximum absolute atomic E-state index is 12.2. The molecule has 5 nitrogen and oxygen atoms in total. The fraction of sp³-hybridized carbons (Fsp3) is 0.278. The van der Waals surface area contributed by atoms with Crippen LogP contribution in [0.5, 0.6) is 17.2 Å². The summed E-state index contributed by atoms with van der Waals surface area (Å²) in [5.41, 5.74) is 0.828. The number of likely N-dealkylation sites (N-methyl/N-ethyl adjacent to an activating group) is 1. The van der Waals surface area contributed by atoms with Crippen LogP contribution >= 0.6 is 11.3 Å². The predicted molar refractivity (Wildman–Crippen MR) is 93.8 cm³/mol. The van der Waals surface area contributed by atoms with Crippen LogP contribution in [0.4, 0.5) is 0 Å². The van der Waals surface area contributed by atoms with E-state index in [4.69, 9.17) is 14.2 Å². The van der Waals surface area contributed by atoms with Gasteiger partial charge in [0.15, 0.2) is 11.5 Å². The zero-order chi connectivity index (χ0) is 16.9. The number of ether oxygens (including phenoxy) is 3. The topological polar surface area (TPSA) is 48.0 Å². The summed E-state index contributed by atoms with van der Waals surface area (Å²) in [5.74, 6) is 1.80. The normalized spacial score (nSPS) is 13.1. The molecular formula is C18H19NO4S. The molecule has 1 aromatic carbocycles. The van der Waals surface area contributed by atoms with Gasteiger partial charge in [0.1, 0.15) is 13.2 Å². The van der Waals surface area contributed by atoms with Crippen LogP contribution in [-0.4, -0.2) is 38.2 Å². The molecule has 0 bridgehead atoms. The molecule has 0 radical (unpaired) electrons. The summed E-state index contributed by atoms with van der Waals surface area (Å²) in [6.07, 6.45) is 3.31. The van der Waals surface area contributed by atoms with Crippen molar-refractivity contribution in [1.82, 2.24) is 4.90 Å². The van der Waals surface area contributed by atoms with Crippen molar-refractivity contribution in [3.63, 3.8) is 0 Å². The van der Waals surface area contributed by atoms with Crippen LogP contribution in [-0.2, 0) is 11.3 Å². The highest BCUT2D eigenvalue weighted by molar-refractivity contribution is 7.09. The quantitative estimate of drug-likeness (QED) is 0.781. The van der Waals surface area contributed by atoms with E-state index in [0.29, 0.717) is 37.0 Å². The molecule has 126 valence electrons. The monoisotopic (exact) mass is 345 g/mol. The molecule has 2 aromatic rings. The lowest BCUT2D eigenvalue weighted by molar-refractivity contribution is -0.125. The molecule has 0 saturated carbocycles. The summed E-state index contributed by atoms with van der Waals surface area (Å²) in [6.45, 7) is 1.61. The highest BCUT2D eigenvalue weighted by Gasteiger charge is 2.18. The maximum Gasteiger partial charge on any atom is 0.246 e. The van der Waals surface area contributed by atoms with Crippen LogP contribution in [0.2, 0.25) is 0 Å². The average molecular weight is 345 g/mol. The minimum atomic E-state index is -0.0581. The molecule has 3 rings (SSSR count). The summed E-state index contributed by atoms with van der Waals surface area (Å²) >= 11 is 1.64. The van der Waals surface area contributed by atoms with E-state index in [9.17, 15) is 4.79 Å². The van der Waals surface area contributed by atoms with Crippen LogP contribution in [0.3, 0.4) is 0 Å². The summed E-state index contributed by atoms with van der Waals surface area (Å²) in [5, 5.41) is 2.00. The number of methoxy groups -OCH3 is 1. The van der Waals surface area contributed by atoms with Crippen molar-refractivity contribution in [3.8, 4) is 17.2 Å². The number of amides is 1. The van der Waals surface area contributed by atoms with E-state index >= 15 is 0 Å². The SMILES string of the molecule is COc1cc(/C=C/C(=O)N(C)Cc2cccs2)cc2c1OCCO2. The van der Waals surface area contributed by atoms with Gasteiger partial charge < -0.3 is 19.1 Å². The van der Waals surface area contributed by atoms with E-state index in [1.165, 1.54) is 0 Å². The smallest absolute Gasteiger partial charge is 0.246 e. The number of carbonyl (C=O) groups excluding carboxylic acids is 1. The Balaban J connectivity index is 1.72. The average Bonchev–Trinajstić information content (AvgIpc) is 3.11. The summed E-state index contributed by atoms with van der Waals surface area (Å²) in [7, 11) is 3.37. The number of benzene rings is 1. The second kappa shape index (κ2) is 7.40. The Bertz CT molecular complexity index is 722. The molecule has 1 amide bonds. The molecule has 0 fully saturated rings. The first-order chi connectivity index (χ1) is 11.7. The molecule has 0 aliphatic carbocycles. The van der Waals surface area contributed by atoms with E-state index in [2.05, 4.69) is 0 Å². The zero-order valence-electron chi connectivity index (χ0n) is 13.7. The zero-order valence-corrected chi connectivity index (χ0v) is 14.5. The molecule has 0 atom stereocenters. The van der Waals surface area contributed by atoms with Crippen LogP contribution in [0.1, 0.15) is 10.4 Å². The van der Waals surface area contributed by atoms with Crippen molar-refractivity contribution in [2.75, 3.05) is 27.4 Å². The van der Waals surface area contributed by atoms with Gasteiger partial charge in [0, 0.05) is 18.0 Å². The second-order valence-electron chi connectivity index (χ2n) is 5.35. The number of fused-ring (bicyclic) bond motifs is 1. The third-order valence-electron chi connectivity index (χ3n) is 3.62. The Kier molecular flexibility index (Phi) is 5.05. The van der Waals surface area contributed by atoms with Crippen molar-refractivity contribution in [3.05, 3.63) is 46.2 Å². The summed E-state index contributed by atoms with van der Waals surface area (Å²) in [6, 6.07) is 7.68. The lowest BCUT2D eigenvalue weighted by atomic mass is 10.1. The third kappa shape index (κ3) is 3.71. The minimum absolute atomic E-state index is 0.0581. The Morgan fingerprint density at radius 3 is 2.96 bits per heavy atom. The third-order valence-corrected chi connectivity index (χ3v) is 4.48. The standard InChI is InChI=1S/C18H19NO4S/c1-19(12-14-4-3-9-24-14)17(20)6-5-13-10-15(21-2)18-16(11-13)22-7-8-23-18/h3-6,9-11H,7-8,12H2,1-2H3/b6-5+. The van der Waals surface area contributed by atoms with Gasteiger partial charge in [0.25, 0.3) is 0 Å². The molecule has 0 N–H and O–H groups in total. The Morgan fingerprint density at radius 2 is 2.21 bits per heavy atom. The van der Waals surface area contributed by atoms with Gasteiger partial charge in [-0.1, -0.05) is 6.07 Å². The molecule has 6 heteroatoms. The Hall–Kier alpha value is -2.47. The largest absolute Gasteiger partial charge is 0.493 e. The molecule has 1 aliphatic heterocycles. The van der Waals surface area contributed by atoms with Crippen LogP contribution in [0.15, 0.2) is 35.7 Å². The molecular weight excluding hydrogens is 326 g/mol. The molecule has 24 heavy (non-hydrogen) atoms. The molecule has 2 heterocycles. The van der Waals surface area contributed by atoms with E-state index in [1.54, 1.807) is 42.5 Å². The van der Waals surface area contributed by atoms with Crippen molar-refractivity contribution in [1.29, 1.82) is 0 Å². The highest BCUT2D eigenvalue weighted by atomic mass is 32.1. The molecule has 0 spiro atoms. The number of carbonyl (C=O) groups is 1. The lowest BCUT2D eigenvalue weighted by Crippen LogP contribution is -2.23. The van der Waals surface area contributed by atoms with Crippen molar-refractivity contribution < 1.29 is 19.0 Å². The van der Waals surface area contributed by atoms with Crippen molar-refractivity contribution >= 4 is 23.3 Å². The van der Waals surface area contributed by atoms with Crippen LogP contribution in [0.25, 0.3) is 6.08 Å². The second-order valence-corrected chi connectivity index (χ2v) is 6.39. The maximum atomic E-state index is 12.2.